The fourth-order valence-electron chi connectivity index (χ4n) is 1.79. The van der Waals surface area contributed by atoms with Crippen LogP contribution in [0.3, 0.4) is 0 Å². The van der Waals surface area contributed by atoms with Gasteiger partial charge in [-0.25, -0.2) is 15.0 Å². The van der Waals surface area contributed by atoms with Crippen LogP contribution in [0.4, 0.5) is 4.79 Å². The van der Waals surface area contributed by atoms with E-state index < -0.39 is 17.9 Å². The second kappa shape index (κ2) is 11.5. The molecule has 0 aliphatic rings. The number of carbonyl (C=O) groups excluding carboxylic acids is 3. The molecule has 0 aromatic heterocycles. The summed E-state index contributed by atoms with van der Waals surface area (Å²) in [5, 5.41) is 2.55. The van der Waals surface area contributed by atoms with Gasteiger partial charge in [-0.2, -0.15) is 0 Å². The van der Waals surface area contributed by atoms with Gasteiger partial charge in [-0.05, 0) is 24.0 Å². The molecule has 0 spiro atoms. The van der Waals surface area contributed by atoms with Crippen LogP contribution in [0.2, 0.25) is 0 Å². The lowest BCUT2D eigenvalue weighted by molar-refractivity contribution is -0.153. The third-order valence-corrected chi connectivity index (χ3v) is 3.19. The van der Waals surface area contributed by atoms with Gasteiger partial charge in [0.2, 0.25) is 0 Å². The number of ether oxygens (including phenoxy) is 2. The molecule has 0 bridgehead atoms. The van der Waals surface area contributed by atoms with E-state index >= 15 is 0 Å². The number of rotatable bonds is 7. The van der Waals surface area contributed by atoms with Crippen molar-refractivity contribution < 1.29 is 23.9 Å². The first-order valence-electron chi connectivity index (χ1n) is 7.82. The van der Waals surface area contributed by atoms with E-state index in [0.29, 0.717) is 19.6 Å². The molecular weight excluding hydrogens is 326 g/mol. The first-order chi connectivity index (χ1) is 12.1. The molecule has 0 radical (unpaired) electrons. The average molecular weight is 349 g/mol. The van der Waals surface area contributed by atoms with Crippen molar-refractivity contribution in [2.45, 2.75) is 26.4 Å². The van der Waals surface area contributed by atoms with E-state index in [2.05, 4.69) is 15.5 Å². The molecule has 8 heteroatoms. The Morgan fingerprint density at radius 3 is 2.48 bits per heavy atom. The van der Waals surface area contributed by atoms with Gasteiger partial charge in [-0.15, -0.1) is 0 Å². The van der Waals surface area contributed by atoms with E-state index in [4.69, 9.17) is 4.74 Å². The Balaban J connectivity index is 2.25. The van der Waals surface area contributed by atoms with Crippen molar-refractivity contribution in [1.82, 2.24) is 16.2 Å². The summed E-state index contributed by atoms with van der Waals surface area (Å²) in [6, 6.07) is 9.18. The Hall–Kier alpha value is -3.03. The first-order valence-corrected chi connectivity index (χ1v) is 7.82. The van der Waals surface area contributed by atoms with Crippen molar-refractivity contribution >= 4 is 17.9 Å². The summed E-state index contributed by atoms with van der Waals surface area (Å²) >= 11 is 0. The highest BCUT2D eigenvalue weighted by Crippen LogP contribution is 2.08. The summed E-state index contributed by atoms with van der Waals surface area (Å²) in [5.41, 5.74) is 6.09. The molecule has 0 aliphatic carbocycles. The Morgan fingerprint density at radius 1 is 1.12 bits per heavy atom. The van der Waals surface area contributed by atoms with Crippen molar-refractivity contribution in [1.29, 1.82) is 0 Å². The number of urea groups is 1. The Bertz CT molecular complexity index is 602. The van der Waals surface area contributed by atoms with Gasteiger partial charge in [-0.1, -0.05) is 37.3 Å². The zero-order valence-corrected chi connectivity index (χ0v) is 14.3. The molecule has 3 amide bonds. The molecule has 25 heavy (non-hydrogen) atoms. The monoisotopic (exact) mass is 349 g/mol. The standard InChI is InChI=1S/C17H23N3O5/c1-3-13(11-25-12-14-7-5-4-6-8-14)9-10-18-17(23)20-19-15(21)16(22)24-2/h4-8,11H,3,9-10,12H2,1-2H3,(H,19,21)(H2,18,20,23)/b13-11+. The minimum Gasteiger partial charge on any atom is -0.497 e. The van der Waals surface area contributed by atoms with Crippen LogP contribution in [0.1, 0.15) is 25.3 Å². The fraction of sp³-hybridized carbons (Fsp3) is 0.353. The van der Waals surface area contributed by atoms with Gasteiger partial charge >= 0.3 is 17.9 Å². The van der Waals surface area contributed by atoms with Crippen LogP contribution in [0, 0.1) is 0 Å². The predicted molar refractivity (Wildman–Crippen MR) is 90.9 cm³/mol. The molecule has 1 aromatic rings. The van der Waals surface area contributed by atoms with Crippen LogP contribution in [-0.4, -0.2) is 31.6 Å². The molecular formula is C17H23N3O5. The summed E-state index contributed by atoms with van der Waals surface area (Å²) in [5.74, 6) is -2.15. The minimum atomic E-state index is -1.09. The van der Waals surface area contributed by atoms with E-state index in [1.165, 1.54) is 0 Å². The molecule has 0 saturated heterocycles. The van der Waals surface area contributed by atoms with Crippen molar-refractivity contribution in [3.05, 3.63) is 47.7 Å². The Kier molecular flexibility index (Phi) is 9.20. The van der Waals surface area contributed by atoms with Crippen LogP contribution < -0.4 is 16.2 Å². The minimum absolute atomic E-state index is 0.355. The van der Waals surface area contributed by atoms with Crippen LogP contribution in [-0.2, 0) is 25.7 Å². The Morgan fingerprint density at radius 2 is 1.84 bits per heavy atom. The predicted octanol–water partition coefficient (Wildman–Crippen LogP) is 1.39. The smallest absolute Gasteiger partial charge is 0.398 e. The lowest BCUT2D eigenvalue weighted by Gasteiger charge is -2.09. The summed E-state index contributed by atoms with van der Waals surface area (Å²) < 4.78 is 9.75. The van der Waals surface area contributed by atoms with Crippen molar-refractivity contribution in [3.8, 4) is 0 Å². The van der Waals surface area contributed by atoms with Gasteiger partial charge in [0.05, 0.1) is 13.4 Å². The second-order valence-electron chi connectivity index (χ2n) is 5.00. The molecule has 8 nitrogen and oxygen atoms in total. The number of hydrogen-bond donors (Lipinski definition) is 3. The van der Waals surface area contributed by atoms with Crippen LogP contribution in [0.25, 0.3) is 0 Å². The lowest BCUT2D eigenvalue weighted by Crippen LogP contribution is -2.49. The highest BCUT2D eigenvalue weighted by atomic mass is 16.5. The summed E-state index contributed by atoms with van der Waals surface area (Å²) in [7, 11) is 1.07. The molecule has 0 saturated carbocycles. The molecule has 136 valence electrons. The maximum atomic E-state index is 11.5. The largest absolute Gasteiger partial charge is 0.497 e. The van der Waals surface area contributed by atoms with Gasteiger partial charge in [0, 0.05) is 6.54 Å². The van der Waals surface area contributed by atoms with E-state index in [1.807, 2.05) is 42.7 Å². The molecule has 0 heterocycles. The first kappa shape index (κ1) is 20.0. The van der Waals surface area contributed by atoms with Crippen LogP contribution in [0.15, 0.2) is 42.2 Å². The van der Waals surface area contributed by atoms with Gasteiger partial charge in [0.25, 0.3) is 0 Å². The number of nitrogens with one attached hydrogen (secondary N) is 3. The fourth-order valence-corrected chi connectivity index (χ4v) is 1.79. The van der Waals surface area contributed by atoms with Crippen molar-refractivity contribution in [2.24, 2.45) is 0 Å². The van der Waals surface area contributed by atoms with Crippen LogP contribution >= 0.6 is 0 Å². The van der Waals surface area contributed by atoms with Crippen LogP contribution in [0.5, 0.6) is 0 Å². The maximum Gasteiger partial charge on any atom is 0.398 e. The maximum absolute atomic E-state index is 11.5. The van der Waals surface area contributed by atoms with E-state index in [9.17, 15) is 14.4 Å². The number of hydrogen-bond acceptors (Lipinski definition) is 5. The number of methoxy groups -OCH3 is 1. The average Bonchev–Trinajstić information content (AvgIpc) is 2.64. The third kappa shape index (κ3) is 8.40. The SMILES string of the molecule is CC/C(=C\OCc1ccccc1)CCNC(=O)NNC(=O)C(=O)OC. The number of benzene rings is 1. The summed E-state index contributed by atoms with van der Waals surface area (Å²) in [4.78, 5) is 33.4. The highest BCUT2D eigenvalue weighted by molar-refractivity contribution is 6.32. The Labute approximate surface area is 146 Å². The van der Waals surface area contributed by atoms with Gasteiger partial charge < -0.3 is 14.8 Å². The molecule has 1 aromatic carbocycles. The zero-order chi connectivity index (χ0) is 18.5. The van der Waals surface area contributed by atoms with E-state index in [-0.39, 0.29) is 0 Å². The summed E-state index contributed by atoms with van der Waals surface area (Å²) in [6.07, 6.45) is 3.09. The molecule has 1 rings (SSSR count). The van der Waals surface area contributed by atoms with Crippen molar-refractivity contribution in [2.75, 3.05) is 13.7 Å². The number of esters is 1. The molecule has 0 atom stereocenters. The normalized spacial score (nSPS) is 10.6. The van der Waals surface area contributed by atoms with Gasteiger partial charge in [-0.3, -0.25) is 10.2 Å². The summed E-state index contributed by atoms with van der Waals surface area (Å²) in [6.45, 7) is 2.83. The third-order valence-electron chi connectivity index (χ3n) is 3.19. The number of carbonyl (C=O) groups is 3. The topological polar surface area (TPSA) is 106 Å². The van der Waals surface area contributed by atoms with E-state index in [0.717, 1.165) is 24.7 Å². The molecule has 3 N–H and O–H groups in total. The molecule has 0 aliphatic heterocycles. The number of amides is 3. The second-order valence-corrected chi connectivity index (χ2v) is 5.00. The van der Waals surface area contributed by atoms with Gasteiger partial charge in [0.15, 0.2) is 0 Å². The quantitative estimate of drug-likeness (QED) is 0.299. The highest BCUT2D eigenvalue weighted by Gasteiger charge is 2.13. The molecule has 0 fully saturated rings. The van der Waals surface area contributed by atoms with Crippen molar-refractivity contribution in [3.63, 3.8) is 0 Å². The van der Waals surface area contributed by atoms with E-state index in [1.54, 1.807) is 6.26 Å². The lowest BCUT2D eigenvalue weighted by atomic mass is 10.1. The molecule has 0 unspecified atom stereocenters. The van der Waals surface area contributed by atoms with Gasteiger partial charge in [0.1, 0.15) is 6.61 Å². The zero-order valence-electron chi connectivity index (χ0n) is 14.3. The number of hydrazine groups is 1.